The number of rotatable bonds is 2. The van der Waals surface area contributed by atoms with Gasteiger partial charge in [-0.2, -0.15) is 0 Å². The standard InChI is InChI=1S/C12H16Br2N2O/c1-12(2,3)6-10(17)16-11-8(13)4-7(15)5-9(11)14/h4-5H,6,15H2,1-3H3,(H,16,17). The highest BCUT2D eigenvalue weighted by molar-refractivity contribution is 9.11. The Hall–Kier alpha value is -0.550. The quantitative estimate of drug-likeness (QED) is 0.774. The van der Waals surface area contributed by atoms with Gasteiger partial charge < -0.3 is 11.1 Å². The maximum absolute atomic E-state index is 11.8. The summed E-state index contributed by atoms with van der Waals surface area (Å²) in [5, 5.41) is 2.87. The van der Waals surface area contributed by atoms with Gasteiger partial charge in [0.05, 0.1) is 5.69 Å². The Bertz CT molecular complexity index is 416. The zero-order valence-corrected chi connectivity index (χ0v) is 13.3. The van der Waals surface area contributed by atoms with Crippen molar-refractivity contribution in [2.24, 2.45) is 5.41 Å². The monoisotopic (exact) mass is 362 g/mol. The van der Waals surface area contributed by atoms with E-state index in [4.69, 9.17) is 5.73 Å². The molecule has 0 bridgehead atoms. The first kappa shape index (κ1) is 14.5. The van der Waals surface area contributed by atoms with Crippen LogP contribution in [0.3, 0.4) is 0 Å². The van der Waals surface area contributed by atoms with Crippen LogP contribution in [0, 0.1) is 5.41 Å². The van der Waals surface area contributed by atoms with Gasteiger partial charge >= 0.3 is 0 Å². The minimum atomic E-state index is -0.0309. The number of hydrogen-bond acceptors (Lipinski definition) is 2. The van der Waals surface area contributed by atoms with Crippen molar-refractivity contribution in [3.8, 4) is 0 Å². The van der Waals surface area contributed by atoms with Crippen LogP contribution in [-0.2, 0) is 4.79 Å². The molecule has 0 aliphatic heterocycles. The molecule has 0 atom stereocenters. The lowest BCUT2D eigenvalue weighted by molar-refractivity contribution is -0.117. The minimum absolute atomic E-state index is 0.0105. The highest BCUT2D eigenvalue weighted by Gasteiger charge is 2.17. The predicted molar refractivity (Wildman–Crippen MR) is 79.0 cm³/mol. The van der Waals surface area contributed by atoms with Crippen LogP contribution in [0.25, 0.3) is 0 Å². The van der Waals surface area contributed by atoms with Crippen LogP contribution in [0.5, 0.6) is 0 Å². The van der Waals surface area contributed by atoms with E-state index in [0.29, 0.717) is 17.8 Å². The highest BCUT2D eigenvalue weighted by Crippen LogP contribution is 2.34. The van der Waals surface area contributed by atoms with Crippen LogP contribution >= 0.6 is 31.9 Å². The second-order valence-corrected chi connectivity index (χ2v) is 6.85. The molecule has 94 valence electrons. The van der Waals surface area contributed by atoms with Crippen molar-refractivity contribution < 1.29 is 4.79 Å². The molecule has 0 saturated carbocycles. The summed E-state index contributed by atoms with van der Waals surface area (Å²) in [5.74, 6) is -0.0105. The van der Waals surface area contributed by atoms with Gasteiger partial charge in [0.1, 0.15) is 0 Å². The first-order valence-electron chi connectivity index (χ1n) is 5.23. The first-order chi connectivity index (χ1) is 7.69. The van der Waals surface area contributed by atoms with Crippen molar-refractivity contribution >= 4 is 49.1 Å². The molecule has 0 heterocycles. The number of nitrogens with two attached hydrogens (primary N) is 1. The van der Waals surface area contributed by atoms with Crippen LogP contribution in [0.2, 0.25) is 0 Å². The fourth-order valence-electron chi connectivity index (χ4n) is 1.38. The van der Waals surface area contributed by atoms with Gasteiger partial charge in [-0.05, 0) is 49.4 Å². The molecule has 3 N–H and O–H groups in total. The normalized spacial score (nSPS) is 11.4. The molecule has 1 aromatic rings. The summed E-state index contributed by atoms with van der Waals surface area (Å²) in [5.41, 5.74) is 7.01. The van der Waals surface area contributed by atoms with Gasteiger partial charge in [-0.3, -0.25) is 4.79 Å². The van der Waals surface area contributed by atoms with E-state index in [0.717, 1.165) is 8.95 Å². The average molecular weight is 364 g/mol. The van der Waals surface area contributed by atoms with Crippen LogP contribution in [0.1, 0.15) is 27.2 Å². The molecule has 0 radical (unpaired) electrons. The van der Waals surface area contributed by atoms with Gasteiger partial charge in [-0.1, -0.05) is 20.8 Å². The Balaban J connectivity index is 2.86. The third kappa shape index (κ3) is 4.68. The van der Waals surface area contributed by atoms with Gasteiger partial charge in [0, 0.05) is 21.1 Å². The fourth-order valence-corrected chi connectivity index (χ4v) is 2.80. The lowest BCUT2D eigenvalue weighted by Crippen LogP contribution is -2.20. The third-order valence-corrected chi connectivity index (χ3v) is 3.27. The van der Waals surface area contributed by atoms with Crippen LogP contribution < -0.4 is 11.1 Å². The lowest BCUT2D eigenvalue weighted by Gasteiger charge is -2.18. The minimum Gasteiger partial charge on any atom is -0.399 e. The number of carbonyl (C=O) groups excluding carboxylic acids is 1. The molecule has 0 aliphatic rings. The zero-order valence-electron chi connectivity index (χ0n) is 10.1. The largest absolute Gasteiger partial charge is 0.399 e. The maximum atomic E-state index is 11.8. The summed E-state index contributed by atoms with van der Waals surface area (Å²) in [4.78, 5) is 11.8. The number of benzene rings is 1. The van der Waals surface area contributed by atoms with Gasteiger partial charge in [0.2, 0.25) is 5.91 Å². The Morgan fingerprint density at radius 3 is 2.18 bits per heavy atom. The molecular weight excluding hydrogens is 348 g/mol. The van der Waals surface area contributed by atoms with Crippen molar-refractivity contribution in [1.29, 1.82) is 0 Å². The maximum Gasteiger partial charge on any atom is 0.224 e. The van der Waals surface area contributed by atoms with E-state index < -0.39 is 0 Å². The van der Waals surface area contributed by atoms with E-state index in [9.17, 15) is 4.79 Å². The van der Waals surface area contributed by atoms with Crippen molar-refractivity contribution in [1.82, 2.24) is 0 Å². The topological polar surface area (TPSA) is 55.1 Å². The molecular formula is C12H16Br2N2O. The Morgan fingerprint density at radius 2 is 1.76 bits per heavy atom. The van der Waals surface area contributed by atoms with E-state index in [1.807, 2.05) is 20.8 Å². The molecule has 17 heavy (non-hydrogen) atoms. The number of nitrogen functional groups attached to an aromatic ring is 1. The second-order valence-electron chi connectivity index (χ2n) is 5.15. The summed E-state index contributed by atoms with van der Waals surface area (Å²) in [6, 6.07) is 3.52. The molecule has 0 spiro atoms. The molecule has 0 aliphatic carbocycles. The lowest BCUT2D eigenvalue weighted by atomic mass is 9.92. The van der Waals surface area contributed by atoms with Crippen molar-refractivity contribution in [3.63, 3.8) is 0 Å². The number of hydrogen-bond donors (Lipinski definition) is 2. The Labute approximate surface area is 118 Å². The average Bonchev–Trinajstić information content (AvgIpc) is 2.08. The SMILES string of the molecule is CC(C)(C)CC(=O)Nc1c(Br)cc(N)cc1Br. The van der Waals surface area contributed by atoms with Gasteiger partial charge in [-0.15, -0.1) is 0 Å². The molecule has 0 fully saturated rings. The summed E-state index contributed by atoms with van der Waals surface area (Å²) in [6.07, 6.45) is 0.469. The number of anilines is 2. The second kappa shape index (κ2) is 5.40. The van der Waals surface area contributed by atoms with Gasteiger partial charge in [0.15, 0.2) is 0 Å². The molecule has 0 unspecified atom stereocenters. The van der Waals surface area contributed by atoms with E-state index in [1.54, 1.807) is 12.1 Å². The molecule has 0 aromatic heterocycles. The van der Waals surface area contributed by atoms with Crippen molar-refractivity contribution in [3.05, 3.63) is 21.1 Å². The number of carbonyl (C=O) groups is 1. The smallest absolute Gasteiger partial charge is 0.224 e. The Morgan fingerprint density at radius 1 is 1.29 bits per heavy atom. The summed E-state index contributed by atoms with van der Waals surface area (Å²) in [7, 11) is 0. The van der Waals surface area contributed by atoms with E-state index in [2.05, 4.69) is 37.2 Å². The summed E-state index contributed by atoms with van der Waals surface area (Å²) < 4.78 is 1.54. The molecule has 3 nitrogen and oxygen atoms in total. The molecule has 1 amide bonds. The third-order valence-electron chi connectivity index (χ3n) is 2.02. The number of amides is 1. The van der Waals surface area contributed by atoms with E-state index >= 15 is 0 Å². The highest BCUT2D eigenvalue weighted by atomic mass is 79.9. The molecule has 1 aromatic carbocycles. The predicted octanol–water partition coefficient (Wildman–Crippen LogP) is 4.17. The number of nitrogens with one attached hydrogen (secondary N) is 1. The van der Waals surface area contributed by atoms with Gasteiger partial charge in [-0.25, -0.2) is 0 Å². The molecule has 5 heteroatoms. The molecule has 0 saturated heterocycles. The summed E-state index contributed by atoms with van der Waals surface area (Å²) >= 11 is 6.76. The van der Waals surface area contributed by atoms with E-state index in [1.165, 1.54) is 0 Å². The fraction of sp³-hybridized carbons (Fsp3) is 0.417. The van der Waals surface area contributed by atoms with E-state index in [-0.39, 0.29) is 11.3 Å². The summed E-state index contributed by atoms with van der Waals surface area (Å²) in [6.45, 7) is 6.08. The first-order valence-corrected chi connectivity index (χ1v) is 6.82. The van der Waals surface area contributed by atoms with Crippen molar-refractivity contribution in [2.75, 3.05) is 11.1 Å². The Kier molecular flexibility index (Phi) is 4.61. The van der Waals surface area contributed by atoms with Gasteiger partial charge in [0.25, 0.3) is 0 Å². The van der Waals surface area contributed by atoms with Crippen molar-refractivity contribution in [2.45, 2.75) is 27.2 Å². The van der Waals surface area contributed by atoms with Crippen LogP contribution in [-0.4, -0.2) is 5.91 Å². The number of halogens is 2. The zero-order chi connectivity index (χ0) is 13.2. The van der Waals surface area contributed by atoms with Crippen LogP contribution in [0.15, 0.2) is 21.1 Å². The molecule has 1 rings (SSSR count). The van der Waals surface area contributed by atoms with Crippen LogP contribution in [0.4, 0.5) is 11.4 Å².